The molecular weight excluding hydrogens is 542 g/mol. The summed E-state index contributed by atoms with van der Waals surface area (Å²) in [7, 11) is -12.0. The van der Waals surface area contributed by atoms with Gasteiger partial charge in [0.1, 0.15) is 0 Å². The van der Waals surface area contributed by atoms with E-state index >= 15 is 0 Å². The van der Waals surface area contributed by atoms with Crippen molar-refractivity contribution in [3.63, 3.8) is 0 Å². The summed E-state index contributed by atoms with van der Waals surface area (Å²) in [6, 6.07) is 30.7. The summed E-state index contributed by atoms with van der Waals surface area (Å²) >= 11 is 24.5. The van der Waals surface area contributed by atoms with E-state index in [0.29, 0.717) is 0 Å². The van der Waals surface area contributed by atoms with Crippen LogP contribution in [0.25, 0.3) is 0 Å². The first-order valence-electron chi connectivity index (χ1n) is 9.55. The van der Waals surface area contributed by atoms with Crippen LogP contribution in [-0.4, -0.2) is 31.7 Å². The lowest BCUT2D eigenvalue weighted by molar-refractivity contribution is 0.367. The van der Waals surface area contributed by atoms with Gasteiger partial charge in [0.05, 0.1) is 0 Å². The summed E-state index contributed by atoms with van der Waals surface area (Å²) in [4.78, 5) is 0. The van der Waals surface area contributed by atoms with Crippen molar-refractivity contribution in [3.8, 4) is 0 Å². The summed E-state index contributed by atoms with van der Waals surface area (Å²) in [5.41, 5.74) is 0. The first kappa shape index (κ1) is 25.2. The molecule has 0 radical (unpaired) electrons. The van der Waals surface area contributed by atoms with Gasteiger partial charge in [0.15, 0.2) is 0 Å². The predicted octanol–water partition coefficient (Wildman–Crippen LogP) is 4.51. The third-order valence-electron chi connectivity index (χ3n) is 4.53. The molecule has 0 aliphatic carbocycles. The van der Waals surface area contributed by atoms with E-state index in [9.17, 15) is 0 Å². The fourth-order valence-electron chi connectivity index (χ4n) is 3.50. The molecule has 0 fully saturated rings. The lowest BCUT2D eigenvalue weighted by Crippen LogP contribution is -2.73. The van der Waals surface area contributed by atoms with Crippen molar-refractivity contribution in [1.29, 1.82) is 0 Å². The fourth-order valence-corrected chi connectivity index (χ4v) is 24.0. The second kappa shape index (κ2) is 10.7. The van der Waals surface area contributed by atoms with Crippen LogP contribution < -0.4 is 15.6 Å². The number of benzene rings is 3. The molecule has 3 aromatic carbocycles. The van der Waals surface area contributed by atoms with Gasteiger partial charge in [0.25, 0.3) is 8.32 Å². The largest absolute Gasteiger partial charge is 0.533 e. The maximum absolute atomic E-state index is 7.07. The molecule has 0 amide bonds. The standard InChI is InChI=1S/C20H22Cl4O3Si4/c1-29(2,27-31(23,24)25-28(21)22)26-30(18-12-6-3-7-13-18,19-14-8-4-9-15-19)20-16-10-5-11-17-20/h3-17,28H,1-2H3. The Labute approximate surface area is 207 Å². The van der Waals surface area contributed by atoms with Crippen LogP contribution in [0.3, 0.4) is 0 Å². The van der Waals surface area contributed by atoms with Crippen LogP contribution in [0.5, 0.6) is 0 Å². The van der Waals surface area contributed by atoms with Gasteiger partial charge in [-0.15, -0.1) is 22.2 Å². The second-order valence-electron chi connectivity index (χ2n) is 7.23. The zero-order chi connectivity index (χ0) is 22.5. The van der Waals surface area contributed by atoms with Crippen molar-refractivity contribution in [3.05, 3.63) is 91.0 Å². The van der Waals surface area contributed by atoms with E-state index in [1.165, 1.54) is 0 Å². The molecule has 3 aromatic rings. The van der Waals surface area contributed by atoms with Crippen LogP contribution in [0.2, 0.25) is 13.1 Å². The number of rotatable bonds is 9. The summed E-state index contributed by atoms with van der Waals surface area (Å²) < 4.78 is 18.6. The normalized spacial score (nSPS) is 12.9. The van der Waals surface area contributed by atoms with Crippen LogP contribution >= 0.6 is 44.3 Å². The average molecular weight is 565 g/mol. The minimum atomic E-state index is -3.60. The van der Waals surface area contributed by atoms with Crippen molar-refractivity contribution >= 4 is 91.6 Å². The van der Waals surface area contributed by atoms with Crippen LogP contribution in [0.4, 0.5) is 0 Å². The number of hydrogen-bond donors (Lipinski definition) is 0. The van der Waals surface area contributed by atoms with Gasteiger partial charge in [0, 0.05) is 0 Å². The molecule has 0 heterocycles. The molecule has 11 heteroatoms. The van der Waals surface area contributed by atoms with E-state index in [1.54, 1.807) is 0 Å². The molecule has 0 unspecified atom stereocenters. The van der Waals surface area contributed by atoms with Gasteiger partial charge in [-0.25, -0.2) is 0 Å². The highest BCUT2D eigenvalue weighted by Crippen LogP contribution is 2.28. The molecule has 0 aromatic heterocycles. The van der Waals surface area contributed by atoms with Crippen LogP contribution in [-0.2, 0) is 12.3 Å². The lowest BCUT2D eigenvalue weighted by atomic mass is 10.3. The van der Waals surface area contributed by atoms with E-state index in [4.69, 9.17) is 56.7 Å². The summed E-state index contributed by atoms with van der Waals surface area (Å²) in [5, 5.41) is 3.28. The first-order chi connectivity index (χ1) is 14.6. The van der Waals surface area contributed by atoms with Crippen molar-refractivity contribution in [2.45, 2.75) is 13.1 Å². The maximum Gasteiger partial charge on any atom is 0.533 e. The van der Waals surface area contributed by atoms with Gasteiger partial charge in [-0.05, 0) is 28.7 Å². The van der Waals surface area contributed by atoms with Crippen LogP contribution in [0, 0.1) is 0 Å². The zero-order valence-corrected chi connectivity index (χ0v) is 24.2. The topological polar surface area (TPSA) is 27.7 Å². The van der Waals surface area contributed by atoms with Gasteiger partial charge in [0.2, 0.25) is 0 Å². The maximum atomic E-state index is 7.07. The highest BCUT2D eigenvalue weighted by Gasteiger charge is 2.51. The third-order valence-corrected chi connectivity index (χ3v) is 20.5. The van der Waals surface area contributed by atoms with Gasteiger partial charge < -0.3 is 12.3 Å². The van der Waals surface area contributed by atoms with Gasteiger partial charge in [-0.3, -0.25) is 0 Å². The quantitative estimate of drug-likeness (QED) is 0.218. The van der Waals surface area contributed by atoms with Crippen LogP contribution in [0.15, 0.2) is 91.0 Å². The molecule has 0 aliphatic rings. The van der Waals surface area contributed by atoms with Gasteiger partial charge in [-0.2, -0.15) is 0 Å². The minimum absolute atomic E-state index is 1.09. The molecule has 0 aliphatic heterocycles. The number of hydrogen-bond acceptors (Lipinski definition) is 3. The summed E-state index contributed by atoms with van der Waals surface area (Å²) in [6.07, 6.45) is 0. The van der Waals surface area contributed by atoms with Crippen molar-refractivity contribution < 1.29 is 12.3 Å². The highest BCUT2D eigenvalue weighted by molar-refractivity contribution is 7.45. The van der Waals surface area contributed by atoms with E-state index in [0.717, 1.165) is 15.6 Å². The molecular formula is C20H22Cl4O3Si4. The molecule has 0 atom stereocenters. The van der Waals surface area contributed by atoms with Crippen molar-refractivity contribution in [2.24, 2.45) is 0 Å². The van der Waals surface area contributed by atoms with E-state index in [2.05, 4.69) is 36.4 Å². The zero-order valence-electron chi connectivity index (χ0n) is 17.0. The van der Waals surface area contributed by atoms with E-state index < -0.39 is 31.7 Å². The average Bonchev–Trinajstić information content (AvgIpc) is 2.72. The monoisotopic (exact) mass is 562 g/mol. The highest BCUT2D eigenvalue weighted by atomic mass is 35.7. The smallest absolute Gasteiger partial charge is 0.426 e. The Balaban J connectivity index is 2.16. The molecule has 164 valence electrons. The van der Waals surface area contributed by atoms with Gasteiger partial charge >= 0.3 is 23.4 Å². The van der Waals surface area contributed by atoms with Gasteiger partial charge in [-0.1, -0.05) is 113 Å². The Morgan fingerprint density at radius 3 is 1.29 bits per heavy atom. The fraction of sp³-hybridized carbons (Fsp3) is 0.100. The molecule has 0 bridgehead atoms. The molecule has 0 saturated heterocycles. The predicted molar refractivity (Wildman–Crippen MR) is 141 cm³/mol. The Hall–Kier alpha value is -0.432. The van der Waals surface area contributed by atoms with Crippen molar-refractivity contribution in [1.82, 2.24) is 0 Å². The lowest BCUT2D eigenvalue weighted by Gasteiger charge is -2.40. The Bertz CT molecular complexity index is 867. The summed E-state index contributed by atoms with van der Waals surface area (Å²) in [5.74, 6) is 0. The minimum Gasteiger partial charge on any atom is -0.426 e. The molecule has 0 saturated carbocycles. The molecule has 31 heavy (non-hydrogen) atoms. The Kier molecular flexibility index (Phi) is 8.67. The Morgan fingerprint density at radius 1 is 0.613 bits per heavy atom. The molecule has 3 nitrogen and oxygen atoms in total. The second-order valence-corrected chi connectivity index (χ2v) is 23.8. The van der Waals surface area contributed by atoms with Crippen LogP contribution in [0.1, 0.15) is 0 Å². The van der Waals surface area contributed by atoms with E-state index in [-0.39, 0.29) is 0 Å². The Morgan fingerprint density at radius 2 is 0.968 bits per heavy atom. The van der Waals surface area contributed by atoms with Crippen molar-refractivity contribution in [2.75, 3.05) is 0 Å². The number of halogens is 4. The molecule has 0 N–H and O–H groups in total. The molecule has 0 spiro atoms. The van der Waals surface area contributed by atoms with E-state index in [1.807, 2.05) is 67.7 Å². The first-order valence-corrected chi connectivity index (χ1v) is 22.1. The third kappa shape index (κ3) is 6.55. The molecule has 3 rings (SSSR count). The summed E-state index contributed by atoms with van der Waals surface area (Å²) in [6.45, 7) is 3.83. The SMILES string of the molecule is C[Si](C)(O[Si](Cl)(Cl)O[SiH](Cl)Cl)O[Si](c1ccccc1)(c1ccccc1)c1ccccc1.